The second kappa shape index (κ2) is 8.93. The van der Waals surface area contributed by atoms with Gasteiger partial charge in [0, 0.05) is 6.54 Å². The molecule has 154 valence electrons. The molecule has 4 N–H and O–H groups in total. The van der Waals surface area contributed by atoms with E-state index < -0.39 is 30.2 Å². The highest BCUT2D eigenvalue weighted by molar-refractivity contribution is 5.78. The van der Waals surface area contributed by atoms with Crippen LogP contribution in [0.4, 0.5) is 30.6 Å². The van der Waals surface area contributed by atoms with Crippen molar-refractivity contribution in [3.05, 3.63) is 53.3 Å². The lowest BCUT2D eigenvalue weighted by atomic mass is 10.1. The Morgan fingerprint density at radius 1 is 1.10 bits per heavy atom. The van der Waals surface area contributed by atoms with Crippen molar-refractivity contribution in [1.82, 2.24) is 10.2 Å². The lowest BCUT2D eigenvalue weighted by Crippen LogP contribution is -2.23. The lowest BCUT2D eigenvalue weighted by molar-refractivity contribution is 0.105. The average molecular weight is 408 g/mol. The normalized spacial score (nSPS) is 12.1. The van der Waals surface area contributed by atoms with Crippen LogP contribution < -0.4 is 10.6 Å². The SMILES string of the molecule is CCc1ccc(Nc2c(-c3nnc(NC[C@@H](O)CO)o3)ccc(F)c2F)c(F)c1. The van der Waals surface area contributed by atoms with Gasteiger partial charge in [0.05, 0.1) is 29.6 Å². The van der Waals surface area contributed by atoms with E-state index in [9.17, 15) is 18.3 Å². The van der Waals surface area contributed by atoms with E-state index in [1.54, 1.807) is 6.07 Å². The number of aliphatic hydroxyl groups excluding tert-OH is 2. The molecule has 10 heteroatoms. The predicted octanol–water partition coefficient (Wildman–Crippen LogP) is 3.23. The van der Waals surface area contributed by atoms with Gasteiger partial charge in [0.1, 0.15) is 5.82 Å². The molecule has 1 atom stereocenters. The first kappa shape index (κ1) is 20.6. The summed E-state index contributed by atoms with van der Waals surface area (Å²) in [5.74, 6) is -3.14. The van der Waals surface area contributed by atoms with E-state index in [-0.39, 0.29) is 35.4 Å². The van der Waals surface area contributed by atoms with Crippen LogP contribution in [0.3, 0.4) is 0 Å². The van der Waals surface area contributed by atoms with Gasteiger partial charge < -0.3 is 25.3 Å². The molecule has 0 aliphatic heterocycles. The molecule has 0 spiro atoms. The van der Waals surface area contributed by atoms with Crippen molar-refractivity contribution in [2.24, 2.45) is 0 Å². The zero-order chi connectivity index (χ0) is 21.0. The highest BCUT2D eigenvalue weighted by atomic mass is 19.2. The molecule has 1 aromatic heterocycles. The number of anilines is 3. The molecule has 3 rings (SSSR count). The van der Waals surface area contributed by atoms with E-state index in [0.29, 0.717) is 6.42 Å². The first-order chi connectivity index (χ1) is 13.9. The molecule has 2 aromatic carbocycles. The molecule has 0 radical (unpaired) electrons. The quantitative estimate of drug-likeness (QED) is 0.454. The Morgan fingerprint density at radius 3 is 2.59 bits per heavy atom. The number of aliphatic hydroxyl groups is 2. The number of rotatable bonds is 8. The van der Waals surface area contributed by atoms with Gasteiger partial charge in [-0.1, -0.05) is 18.1 Å². The summed E-state index contributed by atoms with van der Waals surface area (Å²) in [5, 5.41) is 30.8. The minimum atomic E-state index is -1.23. The van der Waals surface area contributed by atoms with Gasteiger partial charge in [-0.2, -0.15) is 0 Å². The molecule has 0 saturated carbocycles. The minimum absolute atomic E-state index is 0.0196. The number of nitrogens with zero attached hydrogens (tertiary/aromatic N) is 2. The molecule has 29 heavy (non-hydrogen) atoms. The first-order valence-electron chi connectivity index (χ1n) is 8.83. The largest absolute Gasteiger partial charge is 0.403 e. The van der Waals surface area contributed by atoms with E-state index in [1.807, 2.05) is 6.92 Å². The van der Waals surface area contributed by atoms with Crippen molar-refractivity contribution < 1.29 is 27.8 Å². The first-order valence-corrected chi connectivity index (χ1v) is 8.83. The summed E-state index contributed by atoms with van der Waals surface area (Å²) < 4.78 is 48.0. The van der Waals surface area contributed by atoms with Gasteiger partial charge in [0.2, 0.25) is 0 Å². The van der Waals surface area contributed by atoms with Crippen molar-refractivity contribution in [2.45, 2.75) is 19.4 Å². The smallest absolute Gasteiger partial charge is 0.315 e. The summed E-state index contributed by atoms with van der Waals surface area (Å²) in [6.07, 6.45) is -0.417. The van der Waals surface area contributed by atoms with Crippen LogP contribution >= 0.6 is 0 Å². The highest BCUT2D eigenvalue weighted by Gasteiger charge is 2.21. The maximum Gasteiger partial charge on any atom is 0.315 e. The Labute approximate surface area is 164 Å². The van der Waals surface area contributed by atoms with Gasteiger partial charge in [-0.25, -0.2) is 13.2 Å². The second-order valence-electron chi connectivity index (χ2n) is 6.21. The van der Waals surface area contributed by atoms with Crippen LogP contribution in [0.25, 0.3) is 11.5 Å². The second-order valence-corrected chi connectivity index (χ2v) is 6.21. The molecule has 7 nitrogen and oxygen atoms in total. The molecular formula is C19H19F3N4O3. The zero-order valence-electron chi connectivity index (χ0n) is 15.4. The lowest BCUT2D eigenvalue weighted by Gasteiger charge is -2.13. The third kappa shape index (κ3) is 4.66. The molecule has 0 amide bonds. The summed E-state index contributed by atoms with van der Waals surface area (Å²) in [6, 6.07) is 6.42. The topological polar surface area (TPSA) is 103 Å². The highest BCUT2D eigenvalue weighted by Crippen LogP contribution is 2.34. The van der Waals surface area contributed by atoms with Gasteiger partial charge in [-0.05, 0) is 36.2 Å². The molecule has 0 fully saturated rings. The summed E-state index contributed by atoms with van der Waals surface area (Å²) >= 11 is 0. The number of hydrogen-bond acceptors (Lipinski definition) is 7. The number of halogens is 3. The number of nitrogens with one attached hydrogen (secondary N) is 2. The third-order valence-corrected chi connectivity index (χ3v) is 4.15. The van der Waals surface area contributed by atoms with Crippen molar-refractivity contribution in [2.75, 3.05) is 23.8 Å². The van der Waals surface area contributed by atoms with Gasteiger partial charge >= 0.3 is 6.01 Å². The maximum atomic E-state index is 14.5. The molecular weight excluding hydrogens is 389 g/mol. The van der Waals surface area contributed by atoms with Gasteiger partial charge in [-0.15, -0.1) is 5.10 Å². The van der Waals surface area contributed by atoms with E-state index in [2.05, 4.69) is 20.8 Å². The summed E-state index contributed by atoms with van der Waals surface area (Å²) in [6.45, 7) is 1.34. The van der Waals surface area contributed by atoms with Crippen LogP contribution in [0.5, 0.6) is 0 Å². The van der Waals surface area contributed by atoms with Crippen molar-refractivity contribution in [3.63, 3.8) is 0 Å². The molecule has 0 unspecified atom stereocenters. The van der Waals surface area contributed by atoms with E-state index >= 15 is 0 Å². The van der Waals surface area contributed by atoms with Crippen molar-refractivity contribution >= 4 is 17.4 Å². The Bertz CT molecular complexity index is 997. The zero-order valence-corrected chi connectivity index (χ0v) is 15.4. The molecule has 0 bridgehead atoms. The van der Waals surface area contributed by atoms with E-state index in [1.165, 1.54) is 18.2 Å². The minimum Gasteiger partial charge on any atom is -0.403 e. The fourth-order valence-corrected chi connectivity index (χ4v) is 2.54. The van der Waals surface area contributed by atoms with Gasteiger partial charge in [0.25, 0.3) is 5.89 Å². The summed E-state index contributed by atoms with van der Waals surface area (Å²) in [5.41, 5.74) is 0.368. The van der Waals surface area contributed by atoms with Crippen LogP contribution in [-0.2, 0) is 6.42 Å². The van der Waals surface area contributed by atoms with Crippen molar-refractivity contribution in [1.29, 1.82) is 0 Å². The maximum absolute atomic E-state index is 14.5. The third-order valence-electron chi connectivity index (χ3n) is 4.15. The van der Waals surface area contributed by atoms with Crippen LogP contribution in [0, 0.1) is 17.5 Å². The van der Waals surface area contributed by atoms with Crippen LogP contribution in [0.2, 0.25) is 0 Å². The molecule has 0 aliphatic rings. The predicted molar refractivity (Wildman–Crippen MR) is 100 cm³/mol. The van der Waals surface area contributed by atoms with Crippen LogP contribution in [0.1, 0.15) is 12.5 Å². The van der Waals surface area contributed by atoms with Crippen LogP contribution in [-0.4, -0.2) is 39.7 Å². The fourth-order valence-electron chi connectivity index (χ4n) is 2.54. The number of benzene rings is 2. The summed E-state index contributed by atoms with van der Waals surface area (Å²) in [4.78, 5) is 0. The molecule has 0 saturated heterocycles. The number of aryl methyl sites for hydroxylation is 1. The Balaban J connectivity index is 1.93. The molecule has 1 heterocycles. The monoisotopic (exact) mass is 408 g/mol. The Kier molecular flexibility index (Phi) is 6.35. The van der Waals surface area contributed by atoms with Crippen LogP contribution in [0.15, 0.2) is 34.7 Å². The standard InChI is InChI=1S/C19H19F3N4O3/c1-2-10-3-6-15(14(21)7-10)24-17-12(4-5-13(20)16(17)22)18-25-26-19(29-18)23-8-11(28)9-27/h3-7,11,24,27-28H,2,8-9H2,1H3,(H,23,26)/t11-/m1/s1. The molecule has 3 aromatic rings. The fraction of sp³-hybridized carbons (Fsp3) is 0.263. The van der Waals surface area contributed by atoms with E-state index in [0.717, 1.165) is 11.6 Å². The van der Waals surface area contributed by atoms with Gasteiger partial charge in [-0.3, -0.25) is 0 Å². The van der Waals surface area contributed by atoms with E-state index in [4.69, 9.17) is 9.52 Å². The molecule has 0 aliphatic carbocycles. The average Bonchev–Trinajstić information content (AvgIpc) is 3.19. The Morgan fingerprint density at radius 2 is 1.90 bits per heavy atom. The number of aromatic nitrogens is 2. The Hall–Kier alpha value is -3.11. The number of hydrogen-bond donors (Lipinski definition) is 4. The summed E-state index contributed by atoms with van der Waals surface area (Å²) in [7, 11) is 0. The van der Waals surface area contributed by atoms with Crippen molar-refractivity contribution in [3.8, 4) is 11.5 Å². The van der Waals surface area contributed by atoms with Gasteiger partial charge in [0.15, 0.2) is 11.6 Å².